The molecule has 0 aromatic heterocycles. The third kappa shape index (κ3) is 8.41. The molecule has 0 saturated carbocycles. The summed E-state index contributed by atoms with van der Waals surface area (Å²) >= 11 is 23.6. The highest BCUT2D eigenvalue weighted by atomic mass is 35.5. The largest absolute Gasteiger partial charge is 0.273 e. The Morgan fingerprint density at radius 2 is 1.17 bits per heavy atom. The fourth-order valence-corrected chi connectivity index (χ4v) is 3.00. The Bertz CT molecular complexity index is 872. The van der Waals surface area contributed by atoms with Crippen LogP contribution in [0.1, 0.15) is 30.4 Å². The number of amides is 2. The molecule has 0 aliphatic rings. The Labute approximate surface area is 187 Å². The molecule has 0 atom stereocenters. The number of carbonyl (C=O) groups excluding carboxylic acids is 2. The molecule has 10 heteroatoms. The van der Waals surface area contributed by atoms with Crippen molar-refractivity contribution in [3.05, 3.63) is 67.6 Å². The lowest BCUT2D eigenvalue weighted by atomic mass is 10.2. The van der Waals surface area contributed by atoms with Gasteiger partial charge in [0.25, 0.3) is 0 Å². The lowest BCUT2D eigenvalue weighted by Gasteiger charge is -2.02. The van der Waals surface area contributed by atoms with Crippen LogP contribution in [0.5, 0.6) is 0 Å². The summed E-state index contributed by atoms with van der Waals surface area (Å²) in [5, 5.41) is 9.52. The van der Waals surface area contributed by atoms with Gasteiger partial charge in [0.15, 0.2) is 0 Å². The van der Waals surface area contributed by atoms with Crippen LogP contribution >= 0.6 is 46.4 Å². The number of nitrogens with zero attached hydrogens (tertiary/aromatic N) is 2. The Morgan fingerprint density at radius 1 is 0.759 bits per heavy atom. The predicted molar refractivity (Wildman–Crippen MR) is 118 cm³/mol. The number of nitrogens with one attached hydrogen (secondary N) is 2. The maximum absolute atomic E-state index is 11.8. The number of hydrogen-bond acceptors (Lipinski definition) is 4. The molecule has 2 amide bonds. The minimum Gasteiger partial charge on any atom is -0.273 e. The molecular formula is C19H16Cl4N4O2. The first-order valence-electron chi connectivity index (χ1n) is 8.39. The van der Waals surface area contributed by atoms with Crippen LogP contribution < -0.4 is 10.9 Å². The number of benzene rings is 2. The van der Waals surface area contributed by atoms with Gasteiger partial charge in [0.05, 0.1) is 22.5 Å². The third-order valence-corrected chi connectivity index (χ3v) is 4.64. The lowest BCUT2D eigenvalue weighted by Crippen LogP contribution is -2.20. The van der Waals surface area contributed by atoms with Gasteiger partial charge in [0.2, 0.25) is 11.8 Å². The Morgan fingerprint density at radius 3 is 1.55 bits per heavy atom. The van der Waals surface area contributed by atoms with Gasteiger partial charge in [-0.05, 0) is 30.7 Å². The monoisotopic (exact) mass is 472 g/mol. The molecule has 2 aromatic carbocycles. The second kappa shape index (κ2) is 11.8. The van der Waals surface area contributed by atoms with Crippen molar-refractivity contribution in [1.29, 1.82) is 0 Å². The van der Waals surface area contributed by atoms with Crippen LogP contribution in [0.15, 0.2) is 46.6 Å². The van der Waals surface area contributed by atoms with E-state index in [1.54, 1.807) is 36.4 Å². The highest BCUT2D eigenvalue weighted by Gasteiger charge is 2.05. The van der Waals surface area contributed by atoms with Crippen LogP contribution in [0, 0.1) is 0 Å². The Hall–Kier alpha value is -2.12. The fraction of sp³-hybridized carbons (Fsp3) is 0.158. The number of hydrogen-bond donors (Lipinski definition) is 2. The summed E-state index contributed by atoms with van der Waals surface area (Å²) in [6.07, 6.45) is 3.43. The molecule has 0 aliphatic carbocycles. The minimum absolute atomic E-state index is 0.131. The summed E-state index contributed by atoms with van der Waals surface area (Å²) in [4.78, 5) is 23.5. The number of halogens is 4. The molecule has 2 N–H and O–H groups in total. The van der Waals surface area contributed by atoms with Crippen molar-refractivity contribution in [1.82, 2.24) is 10.9 Å². The van der Waals surface area contributed by atoms with Gasteiger partial charge in [-0.1, -0.05) is 58.5 Å². The van der Waals surface area contributed by atoms with E-state index in [1.807, 2.05) is 0 Å². The van der Waals surface area contributed by atoms with Crippen LogP contribution in [0.2, 0.25) is 20.1 Å². The molecular weight excluding hydrogens is 458 g/mol. The smallest absolute Gasteiger partial charge is 0.240 e. The van der Waals surface area contributed by atoms with Gasteiger partial charge in [-0.15, -0.1) is 0 Å². The molecule has 0 heterocycles. The van der Waals surface area contributed by atoms with Gasteiger partial charge in [-0.2, -0.15) is 10.2 Å². The summed E-state index contributed by atoms with van der Waals surface area (Å²) in [5.74, 6) is -0.647. The first-order chi connectivity index (χ1) is 13.8. The zero-order valence-corrected chi connectivity index (χ0v) is 18.0. The summed E-state index contributed by atoms with van der Waals surface area (Å²) in [6, 6.07) is 9.85. The SMILES string of the molecule is O=C(CCCC(=O)N/N=C\c1ccc(Cl)cc1Cl)N/N=C\c1ccc(Cl)cc1Cl. The van der Waals surface area contributed by atoms with E-state index in [2.05, 4.69) is 21.1 Å². The van der Waals surface area contributed by atoms with Gasteiger partial charge in [-0.3, -0.25) is 9.59 Å². The van der Waals surface area contributed by atoms with Crippen molar-refractivity contribution >= 4 is 70.6 Å². The molecule has 152 valence electrons. The first kappa shape index (κ1) is 23.2. The first-order valence-corrected chi connectivity index (χ1v) is 9.90. The molecule has 0 fully saturated rings. The zero-order chi connectivity index (χ0) is 21.2. The van der Waals surface area contributed by atoms with Crippen molar-refractivity contribution in [3.8, 4) is 0 Å². The minimum atomic E-state index is -0.324. The number of carbonyl (C=O) groups is 2. The van der Waals surface area contributed by atoms with Gasteiger partial charge in [0, 0.05) is 34.0 Å². The van der Waals surface area contributed by atoms with Crippen molar-refractivity contribution in [3.63, 3.8) is 0 Å². The summed E-state index contributed by atoms with van der Waals surface area (Å²) in [5.41, 5.74) is 5.99. The van der Waals surface area contributed by atoms with Crippen LogP contribution in [0.25, 0.3) is 0 Å². The molecule has 0 aliphatic heterocycles. The van der Waals surface area contributed by atoms with E-state index in [-0.39, 0.29) is 24.7 Å². The van der Waals surface area contributed by atoms with Gasteiger partial charge in [-0.25, -0.2) is 10.9 Å². The van der Waals surface area contributed by atoms with Crippen LogP contribution in [0.3, 0.4) is 0 Å². The van der Waals surface area contributed by atoms with Gasteiger partial charge in [0.1, 0.15) is 0 Å². The average molecular weight is 474 g/mol. The molecule has 0 spiro atoms. The molecule has 2 aromatic rings. The van der Waals surface area contributed by atoms with Crippen LogP contribution in [-0.2, 0) is 9.59 Å². The van der Waals surface area contributed by atoms with E-state index in [9.17, 15) is 9.59 Å². The summed E-state index contributed by atoms with van der Waals surface area (Å²) < 4.78 is 0. The topological polar surface area (TPSA) is 82.9 Å². The third-order valence-electron chi connectivity index (χ3n) is 3.52. The molecule has 0 saturated heterocycles. The van der Waals surface area contributed by atoms with E-state index in [0.29, 0.717) is 37.6 Å². The van der Waals surface area contributed by atoms with Crippen LogP contribution in [-0.4, -0.2) is 24.2 Å². The Kier molecular flexibility index (Phi) is 9.41. The number of rotatable bonds is 8. The van der Waals surface area contributed by atoms with Crippen molar-refractivity contribution < 1.29 is 9.59 Å². The average Bonchev–Trinajstić information content (AvgIpc) is 2.65. The normalized spacial score (nSPS) is 11.2. The van der Waals surface area contributed by atoms with Gasteiger partial charge < -0.3 is 0 Å². The fourth-order valence-electron chi connectivity index (χ4n) is 2.08. The number of hydrazone groups is 2. The molecule has 0 radical (unpaired) electrons. The standard InChI is InChI=1S/C19H16Cl4N4O2/c20-14-6-4-12(16(22)8-14)10-24-26-18(28)2-1-3-19(29)27-25-11-13-5-7-15(21)9-17(13)23/h4-11H,1-3H2,(H,26,28)(H,27,29)/b24-10-,25-11-. The highest BCUT2D eigenvalue weighted by Crippen LogP contribution is 2.20. The summed E-state index contributed by atoms with van der Waals surface area (Å²) in [6.45, 7) is 0. The van der Waals surface area contributed by atoms with E-state index < -0.39 is 0 Å². The van der Waals surface area contributed by atoms with Gasteiger partial charge >= 0.3 is 0 Å². The van der Waals surface area contributed by atoms with E-state index in [4.69, 9.17) is 46.4 Å². The van der Waals surface area contributed by atoms with Crippen LogP contribution in [0.4, 0.5) is 0 Å². The quantitative estimate of drug-likeness (QED) is 0.414. The second-order valence-corrected chi connectivity index (χ2v) is 7.46. The molecule has 0 bridgehead atoms. The van der Waals surface area contributed by atoms with E-state index in [1.165, 1.54) is 12.4 Å². The predicted octanol–water partition coefficient (Wildman–Crippen LogP) is 5.07. The Balaban J connectivity index is 1.68. The van der Waals surface area contributed by atoms with Crippen molar-refractivity contribution in [2.24, 2.45) is 10.2 Å². The maximum Gasteiger partial charge on any atom is 0.240 e. The van der Waals surface area contributed by atoms with Crippen molar-refractivity contribution in [2.75, 3.05) is 0 Å². The molecule has 29 heavy (non-hydrogen) atoms. The maximum atomic E-state index is 11.8. The zero-order valence-electron chi connectivity index (χ0n) is 15.0. The van der Waals surface area contributed by atoms with Crippen molar-refractivity contribution in [2.45, 2.75) is 19.3 Å². The molecule has 6 nitrogen and oxygen atoms in total. The molecule has 0 unspecified atom stereocenters. The second-order valence-electron chi connectivity index (χ2n) is 5.77. The molecule has 2 rings (SSSR count). The highest BCUT2D eigenvalue weighted by molar-refractivity contribution is 6.36. The lowest BCUT2D eigenvalue weighted by molar-refractivity contribution is -0.122. The van der Waals surface area contributed by atoms with E-state index >= 15 is 0 Å². The summed E-state index contributed by atoms with van der Waals surface area (Å²) in [7, 11) is 0. The van der Waals surface area contributed by atoms with E-state index in [0.717, 1.165) is 0 Å².